The third-order valence-corrected chi connectivity index (χ3v) is 5.26. The molecular formula is C22H19F2N5O2. The molecule has 0 aliphatic rings. The van der Waals surface area contributed by atoms with E-state index in [0.717, 1.165) is 11.6 Å². The van der Waals surface area contributed by atoms with Crippen LogP contribution in [0, 0.1) is 17.0 Å². The van der Waals surface area contributed by atoms with E-state index < -0.39 is 11.6 Å². The first-order valence-corrected chi connectivity index (χ1v) is 9.72. The fourth-order valence-corrected chi connectivity index (χ4v) is 3.61. The van der Waals surface area contributed by atoms with Crippen molar-refractivity contribution in [3.63, 3.8) is 0 Å². The van der Waals surface area contributed by atoms with Crippen LogP contribution < -0.4 is 0 Å². The maximum absolute atomic E-state index is 14.6. The van der Waals surface area contributed by atoms with Crippen LogP contribution in [0.2, 0.25) is 0 Å². The number of hydrogen-bond donors (Lipinski definition) is 1. The normalized spacial score (nSPS) is 12.3. The number of halogens is 2. The third-order valence-electron chi connectivity index (χ3n) is 5.26. The molecule has 158 valence electrons. The first-order valence-electron chi connectivity index (χ1n) is 9.72. The van der Waals surface area contributed by atoms with Gasteiger partial charge in [0, 0.05) is 42.6 Å². The first-order chi connectivity index (χ1) is 14.9. The van der Waals surface area contributed by atoms with Gasteiger partial charge >= 0.3 is 5.84 Å². The molecule has 0 saturated carbocycles. The molecule has 1 N–H and O–H groups in total. The molecule has 1 aromatic carbocycles. The van der Waals surface area contributed by atoms with E-state index in [9.17, 15) is 13.9 Å². The molecule has 4 aromatic heterocycles. The average molecular weight is 423 g/mol. The molecule has 0 saturated heterocycles. The third kappa shape index (κ3) is 3.27. The summed E-state index contributed by atoms with van der Waals surface area (Å²) in [6.07, 6.45) is 5.54. The van der Waals surface area contributed by atoms with Crippen LogP contribution in [0.3, 0.4) is 0 Å². The number of benzene rings is 1. The van der Waals surface area contributed by atoms with Crippen LogP contribution in [0.5, 0.6) is 0 Å². The van der Waals surface area contributed by atoms with Gasteiger partial charge in [-0.05, 0) is 29.7 Å². The molecular weight excluding hydrogens is 404 g/mol. The topological polar surface area (TPSA) is 80.9 Å². The predicted molar refractivity (Wildman–Crippen MR) is 109 cm³/mol. The van der Waals surface area contributed by atoms with Crippen molar-refractivity contribution in [3.8, 4) is 22.5 Å². The highest BCUT2D eigenvalue weighted by Gasteiger charge is 2.23. The van der Waals surface area contributed by atoms with E-state index >= 15 is 0 Å². The Morgan fingerprint density at radius 3 is 2.71 bits per heavy atom. The lowest BCUT2D eigenvalue weighted by Gasteiger charge is -2.20. The smallest absolute Gasteiger partial charge is 0.306 e. The number of pyridine rings is 1. The van der Waals surface area contributed by atoms with Gasteiger partial charge in [0.25, 0.3) is 0 Å². The second-order valence-electron chi connectivity index (χ2n) is 8.25. The van der Waals surface area contributed by atoms with E-state index in [1.54, 1.807) is 10.6 Å². The molecule has 0 bridgehead atoms. The molecule has 4 heterocycles. The van der Waals surface area contributed by atoms with Crippen molar-refractivity contribution in [2.24, 2.45) is 5.41 Å². The summed E-state index contributed by atoms with van der Waals surface area (Å²) < 4.78 is 37.0. The Kier molecular flexibility index (Phi) is 4.37. The van der Waals surface area contributed by atoms with Crippen molar-refractivity contribution >= 4 is 11.5 Å². The van der Waals surface area contributed by atoms with E-state index in [2.05, 4.69) is 15.2 Å². The molecule has 0 spiro atoms. The average Bonchev–Trinajstić information content (AvgIpc) is 3.42. The Morgan fingerprint density at radius 2 is 1.94 bits per heavy atom. The van der Waals surface area contributed by atoms with Gasteiger partial charge in [-0.25, -0.2) is 8.78 Å². The van der Waals surface area contributed by atoms with Crippen molar-refractivity contribution in [3.05, 3.63) is 66.4 Å². The Morgan fingerprint density at radius 1 is 1.10 bits per heavy atom. The van der Waals surface area contributed by atoms with Crippen LogP contribution in [0.1, 0.15) is 19.7 Å². The predicted octanol–water partition coefficient (Wildman–Crippen LogP) is 4.14. The van der Waals surface area contributed by atoms with E-state index in [-0.39, 0.29) is 17.6 Å². The molecule has 0 unspecified atom stereocenters. The zero-order valence-corrected chi connectivity index (χ0v) is 16.9. The van der Waals surface area contributed by atoms with Gasteiger partial charge in [0.1, 0.15) is 29.4 Å². The van der Waals surface area contributed by atoms with Gasteiger partial charge in [-0.15, -0.1) is 10.2 Å². The maximum Gasteiger partial charge on any atom is 0.306 e. The summed E-state index contributed by atoms with van der Waals surface area (Å²) in [7, 11) is 0. The molecule has 0 aliphatic heterocycles. The fraction of sp³-hybridized carbons (Fsp3) is 0.227. The minimum Gasteiger partial charge on any atom is -0.432 e. The summed E-state index contributed by atoms with van der Waals surface area (Å²) in [5.74, 6) is -0.386. The number of imidazole rings is 1. The highest BCUT2D eigenvalue weighted by atomic mass is 19.1. The number of aliphatic hydroxyl groups excluding tert-OH is 1. The number of rotatable bonds is 5. The second kappa shape index (κ2) is 6.98. The summed E-state index contributed by atoms with van der Waals surface area (Å²) in [4.78, 5) is 4.43. The number of fused-ring (bicyclic) bond motifs is 2. The largest absolute Gasteiger partial charge is 0.432 e. The Labute approximate surface area is 175 Å². The van der Waals surface area contributed by atoms with Gasteiger partial charge in [-0.2, -0.15) is 4.98 Å². The van der Waals surface area contributed by atoms with Crippen LogP contribution >= 0.6 is 0 Å². The summed E-state index contributed by atoms with van der Waals surface area (Å²) >= 11 is 0. The molecule has 0 fully saturated rings. The van der Waals surface area contributed by atoms with Gasteiger partial charge in [0.2, 0.25) is 0 Å². The van der Waals surface area contributed by atoms with Crippen LogP contribution in [0.15, 0.2) is 53.4 Å². The Bertz CT molecular complexity index is 1420. The molecule has 0 amide bonds. The minimum atomic E-state index is -0.710. The van der Waals surface area contributed by atoms with Crippen LogP contribution in [0.4, 0.5) is 8.78 Å². The summed E-state index contributed by atoms with van der Waals surface area (Å²) in [6.45, 7) is 3.90. The molecule has 0 aliphatic carbocycles. The first kappa shape index (κ1) is 19.4. The SMILES string of the molecule is CC(C)(CO)Cc1nnc2ccc(-c3c(-c4ccc(F)cc4F)nc4occn34)cn12. The van der Waals surface area contributed by atoms with E-state index in [1.165, 1.54) is 18.4 Å². The zero-order valence-electron chi connectivity index (χ0n) is 16.9. The Hall–Kier alpha value is -3.59. The monoisotopic (exact) mass is 423 g/mol. The van der Waals surface area contributed by atoms with Crippen molar-refractivity contribution in [1.82, 2.24) is 24.0 Å². The van der Waals surface area contributed by atoms with Crippen LogP contribution in [-0.4, -0.2) is 35.7 Å². The molecule has 31 heavy (non-hydrogen) atoms. The standard InChI is InChI=1S/C22H19F2N5O2/c1-22(2,12-30)10-18-27-26-17-6-3-13(11-29(17)18)20-19(25-21-28(20)7-8-31-21)15-5-4-14(23)9-16(15)24/h3-9,11,30H,10,12H2,1-2H3. The summed E-state index contributed by atoms with van der Waals surface area (Å²) in [5, 5.41) is 18.1. The summed E-state index contributed by atoms with van der Waals surface area (Å²) in [6, 6.07) is 7.04. The van der Waals surface area contributed by atoms with Crippen molar-refractivity contribution in [2.45, 2.75) is 20.3 Å². The quantitative estimate of drug-likeness (QED) is 0.460. The Balaban J connectivity index is 1.71. The lowest BCUT2D eigenvalue weighted by molar-refractivity contribution is 0.157. The number of hydrogen-bond acceptors (Lipinski definition) is 5. The lowest BCUT2D eigenvalue weighted by Crippen LogP contribution is -2.21. The highest BCUT2D eigenvalue weighted by molar-refractivity contribution is 5.81. The highest BCUT2D eigenvalue weighted by Crippen LogP contribution is 2.35. The number of aliphatic hydroxyl groups is 1. The molecule has 0 radical (unpaired) electrons. The van der Waals surface area contributed by atoms with Crippen LogP contribution in [-0.2, 0) is 6.42 Å². The fourth-order valence-electron chi connectivity index (χ4n) is 3.61. The molecule has 7 nitrogen and oxygen atoms in total. The van der Waals surface area contributed by atoms with Gasteiger partial charge in [-0.1, -0.05) is 13.8 Å². The molecule has 9 heteroatoms. The van der Waals surface area contributed by atoms with Gasteiger partial charge in [0.05, 0.1) is 5.69 Å². The zero-order chi connectivity index (χ0) is 21.8. The minimum absolute atomic E-state index is 0.00780. The van der Waals surface area contributed by atoms with Gasteiger partial charge in [0.15, 0.2) is 5.65 Å². The van der Waals surface area contributed by atoms with Gasteiger partial charge in [-0.3, -0.25) is 8.80 Å². The van der Waals surface area contributed by atoms with E-state index in [4.69, 9.17) is 4.42 Å². The number of oxazole rings is 1. The van der Waals surface area contributed by atoms with Crippen molar-refractivity contribution in [1.29, 1.82) is 0 Å². The van der Waals surface area contributed by atoms with Crippen LogP contribution in [0.25, 0.3) is 34.0 Å². The number of aromatic nitrogens is 5. The van der Waals surface area contributed by atoms with Gasteiger partial charge < -0.3 is 9.52 Å². The number of nitrogens with zero attached hydrogens (tertiary/aromatic N) is 5. The van der Waals surface area contributed by atoms with Crippen molar-refractivity contribution in [2.75, 3.05) is 6.61 Å². The maximum atomic E-state index is 14.6. The molecule has 5 aromatic rings. The van der Waals surface area contributed by atoms with E-state index in [0.29, 0.717) is 35.1 Å². The molecule has 0 atom stereocenters. The summed E-state index contributed by atoms with van der Waals surface area (Å²) in [5.41, 5.74) is 2.10. The van der Waals surface area contributed by atoms with Crippen molar-refractivity contribution < 1.29 is 18.3 Å². The van der Waals surface area contributed by atoms with E-state index in [1.807, 2.05) is 36.6 Å². The second-order valence-corrected chi connectivity index (χ2v) is 8.25. The molecule has 5 rings (SSSR count). The lowest BCUT2D eigenvalue weighted by atomic mass is 9.90.